The maximum Gasteiger partial charge on any atom is 0.243 e. The van der Waals surface area contributed by atoms with E-state index >= 15 is 0 Å². The van der Waals surface area contributed by atoms with Crippen molar-refractivity contribution in [2.45, 2.75) is 81.8 Å². The molecular formula is C37H52N6O4S. The molecule has 1 atom stereocenters. The van der Waals surface area contributed by atoms with Gasteiger partial charge < -0.3 is 19.7 Å². The number of benzene rings is 2. The van der Waals surface area contributed by atoms with Gasteiger partial charge in [-0.2, -0.15) is 9.29 Å². The highest BCUT2D eigenvalue weighted by Crippen LogP contribution is 2.41. The summed E-state index contributed by atoms with van der Waals surface area (Å²) in [5.74, 6) is 1.79. The van der Waals surface area contributed by atoms with E-state index in [9.17, 15) is 8.42 Å². The van der Waals surface area contributed by atoms with Gasteiger partial charge in [-0.1, -0.05) is 36.8 Å². The van der Waals surface area contributed by atoms with Crippen LogP contribution < -0.4 is 14.8 Å². The average Bonchev–Trinajstić information content (AvgIpc) is 3.66. The molecule has 3 aliphatic rings. The van der Waals surface area contributed by atoms with E-state index in [-0.39, 0.29) is 18.2 Å². The number of methoxy groups -OCH3 is 1. The number of hydrogen-bond acceptors (Lipinski definition) is 9. The lowest BCUT2D eigenvalue weighted by atomic mass is 9.79. The minimum atomic E-state index is -3.71. The summed E-state index contributed by atoms with van der Waals surface area (Å²) < 4.78 is 40.9. The Bertz CT molecular complexity index is 1580. The molecule has 0 radical (unpaired) electrons. The van der Waals surface area contributed by atoms with Crippen molar-refractivity contribution in [2.24, 2.45) is 0 Å². The van der Waals surface area contributed by atoms with Gasteiger partial charge in [-0.05, 0) is 94.3 Å². The van der Waals surface area contributed by atoms with Gasteiger partial charge in [0.25, 0.3) is 0 Å². The third-order valence-corrected chi connectivity index (χ3v) is 12.8. The predicted molar refractivity (Wildman–Crippen MR) is 188 cm³/mol. The van der Waals surface area contributed by atoms with E-state index < -0.39 is 10.0 Å². The molecule has 0 saturated carbocycles. The third kappa shape index (κ3) is 7.70. The Labute approximate surface area is 286 Å². The summed E-state index contributed by atoms with van der Waals surface area (Å²) in [6, 6.07) is 16.2. The van der Waals surface area contributed by atoms with Gasteiger partial charge >= 0.3 is 0 Å². The first-order valence-electron chi connectivity index (χ1n) is 17.7. The molecule has 1 N–H and O–H groups in total. The quantitative estimate of drug-likeness (QED) is 0.254. The van der Waals surface area contributed by atoms with Gasteiger partial charge in [0.2, 0.25) is 15.9 Å². The lowest BCUT2D eigenvalue weighted by Crippen LogP contribution is -2.53. The molecule has 6 rings (SSSR count). The van der Waals surface area contributed by atoms with Crippen LogP contribution in [-0.4, -0.2) is 98.1 Å². The second kappa shape index (κ2) is 15.6. The second-order valence-corrected chi connectivity index (χ2v) is 15.4. The van der Waals surface area contributed by atoms with Crippen LogP contribution in [0.2, 0.25) is 0 Å². The van der Waals surface area contributed by atoms with Crippen molar-refractivity contribution in [3.63, 3.8) is 0 Å². The number of rotatable bonds is 13. The number of ether oxygens (including phenoxy) is 2. The van der Waals surface area contributed by atoms with E-state index in [4.69, 9.17) is 9.47 Å². The van der Waals surface area contributed by atoms with Crippen LogP contribution in [-0.2, 0) is 22.1 Å². The Morgan fingerprint density at radius 1 is 0.938 bits per heavy atom. The number of aromatic nitrogens is 2. The molecule has 4 heterocycles. The molecule has 3 saturated heterocycles. The van der Waals surface area contributed by atoms with Crippen LogP contribution in [0, 0.1) is 13.8 Å². The molecule has 11 heteroatoms. The fourth-order valence-electron chi connectivity index (χ4n) is 8.00. The van der Waals surface area contributed by atoms with E-state index in [1.54, 1.807) is 35.8 Å². The lowest BCUT2D eigenvalue weighted by Gasteiger charge is -2.48. The summed E-state index contributed by atoms with van der Waals surface area (Å²) >= 11 is 0. The van der Waals surface area contributed by atoms with Crippen LogP contribution in [0.3, 0.4) is 0 Å². The van der Waals surface area contributed by atoms with Gasteiger partial charge in [0.05, 0.1) is 24.6 Å². The van der Waals surface area contributed by atoms with Crippen LogP contribution in [0.4, 0.5) is 0 Å². The first-order chi connectivity index (χ1) is 23.3. The minimum absolute atomic E-state index is 0.169. The molecule has 48 heavy (non-hydrogen) atoms. The highest BCUT2D eigenvalue weighted by atomic mass is 32.2. The monoisotopic (exact) mass is 676 g/mol. The maximum atomic E-state index is 13.9. The van der Waals surface area contributed by atoms with Crippen LogP contribution in [0.5, 0.6) is 11.6 Å². The standard InChI is InChI=1S/C37H52N6O4S/c1-29-25-33(46-3)26-30(2)36(29)48(44,45)43-21-8-7-13-32(43)28-47-35-14-17-39-34(40-35)27-38-18-24-41-22-15-37(16-23-41,42-19-9-10-20-42)31-11-5-4-6-12-31/h4-6,11-12,14,17,25-26,32,38H,7-10,13,15-16,18-24,27-28H2,1-3H3. The predicted octanol–water partition coefficient (Wildman–Crippen LogP) is 4.90. The average molecular weight is 677 g/mol. The summed E-state index contributed by atoms with van der Waals surface area (Å²) in [6.45, 7) is 11.4. The molecule has 0 amide bonds. The molecule has 0 bridgehead atoms. The zero-order valence-electron chi connectivity index (χ0n) is 28.9. The number of aryl methyl sites for hydroxylation is 2. The van der Waals surface area contributed by atoms with Gasteiger partial charge in [-0.15, -0.1) is 0 Å². The highest BCUT2D eigenvalue weighted by molar-refractivity contribution is 7.89. The molecule has 1 unspecified atom stereocenters. The Hall–Kier alpha value is -3.09. The summed E-state index contributed by atoms with van der Waals surface area (Å²) in [5, 5.41) is 3.52. The minimum Gasteiger partial charge on any atom is -0.497 e. The van der Waals surface area contributed by atoms with Gasteiger partial charge in [0.15, 0.2) is 0 Å². The SMILES string of the molecule is COc1cc(C)c(S(=O)(=O)N2CCCCC2COc2ccnc(CNCCN3CCC(c4ccccc4)(N4CCCC4)CC3)n2)c(C)c1. The Morgan fingerprint density at radius 3 is 2.35 bits per heavy atom. The Balaban J connectivity index is 0.994. The van der Waals surface area contributed by atoms with Gasteiger partial charge in [0.1, 0.15) is 18.2 Å². The van der Waals surface area contributed by atoms with Crippen LogP contribution in [0.25, 0.3) is 0 Å². The van der Waals surface area contributed by atoms with Crippen molar-refractivity contribution < 1.29 is 17.9 Å². The van der Waals surface area contributed by atoms with E-state index in [2.05, 4.69) is 55.4 Å². The van der Waals surface area contributed by atoms with Gasteiger partial charge in [0, 0.05) is 50.5 Å². The highest BCUT2D eigenvalue weighted by Gasteiger charge is 2.42. The van der Waals surface area contributed by atoms with Crippen molar-refractivity contribution in [1.29, 1.82) is 0 Å². The largest absolute Gasteiger partial charge is 0.497 e. The smallest absolute Gasteiger partial charge is 0.243 e. The Kier molecular flexibility index (Phi) is 11.3. The van der Waals surface area contributed by atoms with Gasteiger partial charge in [-0.3, -0.25) is 4.90 Å². The lowest BCUT2D eigenvalue weighted by molar-refractivity contribution is 0.0345. The van der Waals surface area contributed by atoms with Crippen molar-refractivity contribution >= 4 is 10.0 Å². The molecule has 1 aromatic heterocycles. The van der Waals surface area contributed by atoms with E-state index in [1.807, 2.05) is 13.8 Å². The molecule has 10 nitrogen and oxygen atoms in total. The first kappa shape index (κ1) is 34.8. The molecule has 3 aliphatic heterocycles. The number of piperidine rings is 2. The normalized spacial score (nSPS) is 20.9. The number of hydrogen-bond donors (Lipinski definition) is 1. The molecule has 2 aromatic carbocycles. The van der Waals surface area contributed by atoms with Crippen molar-refractivity contribution in [3.05, 3.63) is 77.2 Å². The number of nitrogens with zero attached hydrogens (tertiary/aromatic N) is 5. The molecule has 0 aliphatic carbocycles. The fourth-order valence-corrected chi connectivity index (χ4v) is 10.1. The van der Waals surface area contributed by atoms with Crippen molar-refractivity contribution in [3.8, 4) is 11.6 Å². The van der Waals surface area contributed by atoms with E-state index in [0.717, 1.165) is 45.4 Å². The maximum absolute atomic E-state index is 13.9. The Morgan fingerprint density at radius 2 is 1.65 bits per heavy atom. The fraction of sp³-hybridized carbons (Fsp3) is 0.568. The van der Waals surface area contributed by atoms with Crippen molar-refractivity contribution in [2.75, 3.05) is 59.5 Å². The molecule has 3 fully saturated rings. The topological polar surface area (TPSA) is 100 Å². The second-order valence-electron chi connectivity index (χ2n) is 13.6. The molecule has 260 valence electrons. The number of sulfonamides is 1. The summed E-state index contributed by atoms with van der Waals surface area (Å²) in [6.07, 6.45) is 9.19. The third-order valence-electron chi connectivity index (χ3n) is 10.5. The zero-order valence-corrected chi connectivity index (χ0v) is 29.7. The van der Waals surface area contributed by atoms with E-state index in [1.165, 1.54) is 44.3 Å². The first-order valence-corrected chi connectivity index (χ1v) is 19.1. The van der Waals surface area contributed by atoms with Crippen LogP contribution in [0.15, 0.2) is 59.6 Å². The van der Waals surface area contributed by atoms with Gasteiger partial charge in [-0.25, -0.2) is 13.4 Å². The number of likely N-dealkylation sites (tertiary alicyclic amines) is 2. The molecular weight excluding hydrogens is 625 g/mol. The van der Waals surface area contributed by atoms with Crippen LogP contribution in [0.1, 0.15) is 67.5 Å². The van der Waals surface area contributed by atoms with Crippen LogP contribution >= 0.6 is 0 Å². The number of nitrogens with one attached hydrogen (secondary N) is 1. The summed E-state index contributed by atoms with van der Waals surface area (Å²) in [7, 11) is -2.12. The molecule has 0 spiro atoms. The summed E-state index contributed by atoms with van der Waals surface area (Å²) in [5.41, 5.74) is 3.02. The molecule has 3 aromatic rings. The van der Waals surface area contributed by atoms with Crippen molar-refractivity contribution in [1.82, 2.24) is 29.4 Å². The van der Waals surface area contributed by atoms with E-state index in [0.29, 0.717) is 46.6 Å². The zero-order chi connectivity index (χ0) is 33.6. The summed E-state index contributed by atoms with van der Waals surface area (Å²) in [4.78, 5) is 14.8.